The van der Waals surface area contributed by atoms with Gasteiger partial charge in [-0.25, -0.2) is 4.98 Å². The van der Waals surface area contributed by atoms with Crippen LogP contribution in [0.3, 0.4) is 0 Å². The number of amides is 1. The summed E-state index contributed by atoms with van der Waals surface area (Å²) >= 11 is 2.25. The molecule has 0 aliphatic carbocycles. The van der Waals surface area contributed by atoms with Crippen LogP contribution in [0.2, 0.25) is 0 Å². The number of halogens is 2. The van der Waals surface area contributed by atoms with E-state index in [1.54, 1.807) is 0 Å². The molecule has 0 aliphatic heterocycles. The van der Waals surface area contributed by atoms with Crippen LogP contribution in [0.4, 0.5) is 17.5 Å². The summed E-state index contributed by atoms with van der Waals surface area (Å²) in [6.45, 7) is 1.84. The third-order valence-corrected chi connectivity index (χ3v) is 2.88. The van der Waals surface area contributed by atoms with Gasteiger partial charge in [-0.05, 0) is 53.8 Å². The van der Waals surface area contributed by atoms with Gasteiger partial charge in [0.15, 0.2) is 0 Å². The van der Waals surface area contributed by atoms with Gasteiger partial charge in [0.05, 0.1) is 0 Å². The van der Waals surface area contributed by atoms with E-state index in [1.165, 1.54) is 3.57 Å². The molecular weight excluding hydrogens is 379 g/mol. The lowest BCUT2D eigenvalue weighted by atomic mass is 10.3. The van der Waals surface area contributed by atoms with Gasteiger partial charge in [0.2, 0.25) is 12.4 Å². The van der Waals surface area contributed by atoms with Crippen LogP contribution in [0.15, 0.2) is 30.3 Å². The molecule has 0 atom stereocenters. The van der Waals surface area contributed by atoms with Gasteiger partial charge in [0.25, 0.3) is 0 Å². The number of aromatic nitrogens is 2. The third kappa shape index (κ3) is 4.64. The van der Waals surface area contributed by atoms with E-state index in [2.05, 4.69) is 43.2 Å². The summed E-state index contributed by atoms with van der Waals surface area (Å²) in [5.74, 6) is 0.936. The summed E-state index contributed by atoms with van der Waals surface area (Å²) in [5, 5.41) is 5.60. The number of nitrogens with zero attached hydrogens (tertiary/aromatic N) is 2. The third-order valence-electron chi connectivity index (χ3n) is 2.16. The van der Waals surface area contributed by atoms with Crippen molar-refractivity contribution in [1.29, 1.82) is 0 Å². The van der Waals surface area contributed by atoms with Crippen LogP contribution in [-0.2, 0) is 4.79 Å². The molecule has 1 aromatic heterocycles. The highest BCUT2D eigenvalue weighted by Crippen LogP contribution is 2.17. The monoisotopic (exact) mass is 390 g/mol. The Morgan fingerprint density at radius 3 is 2.53 bits per heavy atom. The van der Waals surface area contributed by atoms with Crippen LogP contribution in [0.1, 0.15) is 5.69 Å². The number of benzene rings is 1. The van der Waals surface area contributed by atoms with E-state index in [0.29, 0.717) is 12.2 Å². The normalized spacial score (nSPS) is 9.37. The molecule has 0 radical (unpaired) electrons. The van der Waals surface area contributed by atoms with Crippen molar-refractivity contribution >= 4 is 58.9 Å². The van der Waals surface area contributed by atoms with Crippen LogP contribution in [0.5, 0.6) is 0 Å². The second kappa shape index (κ2) is 7.25. The minimum absolute atomic E-state index is 0. The van der Waals surface area contributed by atoms with Crippen LogP contribution in [0.25, 0.3) is 0 Å². The highest BCUT2D eigenvalue weighted by Gasteiger charge is 2.02. The topological polar surface area (TPSA) is 66.9 Å². The second-order valence-corrected chi connectivity index (χ2v) is 4.86. The Morgan fingerprint density at radius 1 is 1.21 bits per heavy atom. The number of carbonyl (C=O) groups is 1. The molecule has 2 N–H and O–H groups in total. The molecule has 2 aromatic rings. The molecule has 0 bridgehead atoms. The van der Waals surface area contributed by atoms with Crippen molar-refractivity contribution in [3.8, 4) is 0 Å². The fraction of sp³-hybridized carbons (Fsp3) is 0.0833. The van der Waals surface area contributed by atoms with Gasteiger partial charge in [-0.1, -0.05) is 0 Å². The van der Waals surface area contributed by atoms with E-state index in [4.69, 9.17) is 0 Å². The summed E-state index contributed by atoms with van der Waals surface area (Å²) in [7, 11) is 0. The molecule has 0 aliphatic rings. The van der Waals surface area contributed by atoms with Crippen molar-refractivity contribution in [1.82, 2.24) is 9.97 Å². The predicted molar refractivity (Wildman–Crippen MR) is 86.1 cm³/mol. The molecule has 0 unspecified atom stereocenters. The zero-order valence-corrected chi connectivity index (χ0v) is 13.0. The summed E-state index contributed by atoms with van der Waals surface area (Å²) in [6.07, 6.45) is 0.559. The maximum atomic E-state index is 10.4. The highest BCUT2D eigenvalue weighted by atomic mass is 127. The Balaban J connectivity index is 0.00000180. The molecule has 0 spiro atoms. The zero-order chi connectivity index (χ0) is 13.0. The molecule has 19 heavy (non-hydrogen) atoms. The maximum Gasteiger partial charge on any atom is 0.231 e. The predicted octanol–water partition coefficient (Wildman–Crippen LogP) is 3.12. The van der Waals surface area contributed by atoms with Crippen molar-refractivity contribution in [3.05, 3.63) is 39.6 Å². The smallest absolute Gasteiger partial charge is 0.231 e. The molecule has 1 amide bonds. The average molecular weight is 391 g/mol. The fourth-order valence-corrected chi connectivity index (χ4v) is 1.79. The number of anilines is 3. The highest BCUT2D eigenvalue weighted by molar-refractivity contribution is 14.1. The Bertz CT molecular complexity index is 562. The second-order valence-electron chi connectivity index (χ2n) is 3.61. The number of aryl methyl sites for hydroxylation is 1. The number of carbonyl (C=O) groups excluding carboxylic acids is 1. The van der Waals surface area contributed by atoms with Crippen LogP contribution in [-0.4, -0.2) is 16.4 Å². The zero-order valence-electron chi connectivity index (χ0n) is 10.1. The standard InChI is InChI=1S/C12H11IN4O.ClH/c1-8-6-11(17-12(15-8)14-7-18)16-10-4-2-9(13)3-5-10;/h2-7H,1H3,(H2,14,15,16,17,18);1H. The quantitative estimate of drug-likeness (QED) is 0.622. The van der Waals surface area contributed by atoms with Crippen molar-refractivity contribution in [2.24, 2.45) is 0 Å². The van der Waals surface area contributed by atoms with Gasteiger partial charge in [-0.15, -0.1) is 12.4 Å². The first-order chi connectivity index (χ1) is 8.67. The first-order valence-corrected chi connectivity index (χ1v) is 6.34. The van der Waals surface area contributed by atoms with Crippen molar-refractivity contribution in [2.75, 3.05) is 10.6 Å². The molecule has 2 rings (SSSR count). The molecule has 5 nitrogen and oxygen atoms in total. The van der Waals surface area contributed by atoms with Gasteiger partial charge in [-0.2, -0.15) is 4.98 Å². The van der Waals surface area contributed by atoms with E-state index in [9.17, 15) is 4.79 Å². The SMILES string of the molecule is Cc1cc(Nc2ccc(I)cc2)nc(NC=O)n1.Cl. The van der Waals surface area contributed by atoms with Crippen LogP contribution >= 0.6 is 35.0 Å². The molecule has 0 fully saturated rings. The molecule has 0 saturated heterocycles. The van der Waals surface area contributed by atoms with E-state index in [1.807, 2.05) is 37.3 Å². The van der Waals surface area contributed by atoms with Gasteiger partial charge in [-0.3, -0.25) is 10.1 Å². The average Bonchev–Trinajstić information content (AvgIpc) is 2.32. The van der Waals surface area contributed by atoms with Crippen molar-refractivity contribution < 1.29 is 4.79 Å². The van der Waals surface area contributed by atoms with Gasteiger partial charge in [0.1, 0.15) is 5.82 Å². The Kier molecular flexibility index (Phi) is 5.97. The first kappa shape index (κ1) is 15.6. The summed E-state index contributed by atoms with van der Waals surface area (Å²) < 4.78 is 1.17. The largest absolute Gasteiger partial charge is 0.340 e. The number of rotatable bonds is 4. The van der Waals surface area contributed by atoms with Gasteiger partial charge < -0.3 is 5.32 Å². The Morgan fingerprint density at radius 2 is 1.89 bits per heavy atom. The van der Waals surface area contributed by atoms with E-state index >= 15 is 0 Å². The fourth-order valence-electron chi connectivity index (χ4n) is 1.43. The number of hydrogen-bond donors (Lipinski definition) is 2. The lowest BCUT2D eigenvalue weighted by molar-refractivity contribution is -0.105. The Hall–Kier alpha value is -1.41. The van der Waals surface area contributed by atoms with E-state index in [-0.39, 0.29) is 18.4 Å². The molecule has 7 heteroatoms. The number of hydrogen-bond acceptors (Lipinski definition) is 4. The van der Waals surface area contributed by atoms with E-state index in [0.717, 1.165) is 11.4 Å². The summed E-state index contributed by atoms with van der Waals surface area (Å²) in [5.41, 5.74) is 1.72. The lowest BCUT2D eigenvalue weighted by Gasteiger charge is -2.07. The molecule has 0 saturated carbocycles. The molecular formula is C12H12ClIN4O. The molecule has 100 valence electrons. The minimum atomic E-state index is 0. The van der Waals surface area contributed by atoms with Gasteiger partial charge >= 0.3 is 0 Å². The van der Waals surface area contributed by atoms with Crippen LogP contribution in [0, 0.1) is 10.5 Å². The minimum Gasteiger partial charge on any atom is -0.340 e. The van der Waals surface area contributed by atoms with Crippen molar-refractivity contribution in [2.45, 2.75) is 6.92 Å². The molecule has 1 heterocycles. The van der Waals surface area contributed by atoms with E-state index < -0.39 is 0 Å². The first-order valence-electron chi connectivity index (χ1n) is 5.26. The Labute approximate surface area is 130 Å². The van der Waals surface area contributed by atoms with Gasteiger partial charge in [0, 0.05) is 21.0 Å². The summed E-state index contributed by atoms with van der Waals surface area (Å²) in [6, 6.07) is 9.75. The maximum absolute atomic E-state index is 10.4. The van der Waals surface area contributed by atoms with Crippen molar-refractivity contribution in [3.63, 3.8) is 0 Å². The summed E-state index contributed by atoms with van der Waals surface area (Å²) in [4.78, 5) is 18.6. The number of nitrogens with one attached hydrogen (secondary N) is 2. The lowest BCUT2D eigenvalue weighted by Crippen LogP contribution is -2.04. The van der Waals surface area contributed by atoms with Crippen LogP contribution < -0.4 is 10.6 Å². The molecule has 1 aromatic carbocycles.